The van der Waals surface area contributed by atoms with Gasteiger partial charge in [-0.25, -0.2) is 9.78 Å². The predicted molar refractivity (Wildman–Crippen MR) is 119 cm³/mol. The molecular formula is C26H37NO5. The molecule has 0 spiro atoms. The summed E-state index contributed by atoms with van der Waals surface area (Å²) in [7, 11) is 0. The van der Waals surface area contributed by atoms with Crippen molar-refractivity contribution < 1.29 is 24.4 Å². The van der Waals surface area contributed by atoms with E-state index in [0.29, 0.717) is 6.61 Å². The van der Waals surface area contributed by atoms with Crippen LogP contribution in [0.15, 0.2) is 18.2 Å². The molecule has 4 saturated carbocycles. The van der Waals surface area contributed by atoms with Crippen molar-refractivity contribution in [2.45, 2.75) is 63.3 Å². The van der Waals surface area contributed by atoms with Crippen LogP contribution in [0.1, 0.15) is 49.7 Å². The lowest BCUT2D eigenvalue weighted by Crippen LogP contribution is -2.59. The van der Waals surface area contributed by atoms with E-state index in [1.165, 1.54) is 17.5 Å². The number of rotatable bonds is 7. The Morgan fingerprint density at radius 1 is 1.03 bits per heavy atom. The Hall–Kier alpha value is -1.18. The molecule has 4 bridgehead atoms. The zero-order valence-electron chi connectivity index (χ0n) is 19.0. The summed E-state index contributed by atoms with van der Waals surface area (Å²) in [5.41, 5.74) is 2.59. The second kappa shape index (κ2) is 8.88. The van der Waals surface area contributed by atoms with E-state index in [1.807, 2.05) is 0 Å². The van der Waals surface area contributed by atoms with Crippen LogP contribution in [-0.4, -0.2) is 61.4 Å². The topological polar surface area (TPSA) is 60.4 Å². The number of ether oxygens (including phenoxy) is 2. The van der Waals surface area contributed by atoms with Crippen molar-refractivity contribution in [1.82, 2.24) is 4.90 Å². The summed E-state index contributed by atoms with van der Waals surface area (Å²) in [4.78, 5) is 14.3. The normalized spacial score (nSPS) is 38.6. The number of hydrogen-bond donors (Lipinski definition) is 1. The van der Waals surface area contributed by atoms with Crippen LogP contribution in [0.2, 0.25) is 0 Å². The van der Waals surface area contributed by atoms with E-state index < -0.39 is 5.79 Å². The Morgan fingerprint density at radius 3 is 2.53 bits per heavy atom. The van der Waals surface area contributed by atoms with E-state index in [0.717, 1.165) is 95.4 Å². The molecule has 1 aromatic rings. The fraction of sp³-hybridized carbons (Fsp3) is 0.769. The average Bonchev–Trinajstić information content (AvgIpc) is 2.81. The van der Waals surface area contributed by atoms with Crippen LogP contribution in [0.25, 0.3) is 0 Å². The highest BCUT2D eigenvalue weighted by molar-refractivity contribution is 5.42. The summed E-state index contributed by atoms with van der Waals surface area (Å²) >= 11 is 0. The molecule has 176 valence electrons. The molecular weight excluding hydrogens is 406 g/mol. The second-order valence-corrected chi connectivity index (χ2v) is 10.8. The molecule has 6 nitrogen and oxygen atoms in total. The van der Waals surface area contributed by atoms with Crippen molar-refractivity contribution in [2.24, 2.45) is 23.7 Å². The van der Waals surface area contributed by atoms with E-state index in [4.69, 9.17) is 19.2 Å². The first kappa shape index (κ1) is 21.4. The van der Waals surface area contributed by atoms with Crippen LogP contribution in [-0.2, 0) is 27.4 Å². The molecule has 0 radical (unpaired) electrons. The highest BCUT2D eigenvalue weighted by atomic mass is 17.2. The van der Waals surface area contributed by atoms with Gasteiger partial charge in [0.1, 0.15) is 12.4 Å². The van der Waals surface area contributed by atoms with Crippen LogP contribution >= 0.6 is 0 Å². The molecule has 7 rings (SSSR count). The molecule has 1 atom stereocenters. The molecule has 5 fully saturated rings. The smallest absolute Gasteiger partial charge is 0.204 e. The maximum absolute atomic E-state index is 11.4. The minimum Gasteiger partial charge on any atom is -0.492 e. The molecule has 0 aromatic heterocycles. The van der Waals surface area contributed by atoms with E-state index in [9.17, 15) is 5.11 Å². The number of fused-ring (bicyclic) bond motifs is 1. The number of hydrogen-bond acceptors (Lipinski definition) is 6. The molecule has 1 aromatic carbocycles. The molecule has 0 unspecified atom stereocenters. The van der Waals surface area contributed by atoms with Crippen LogP contribution in [0.3, 0.4) is 0 Å². The third-order valence-electron chi connectivity index (χ3n) is 8.79. The van der Waals surface area contributed by atoms with Gasteiger partial charge in [0.05, 0.1) is 19.3 Å². The molecule has 1 N–H and O–H groups in total. The van der Waals surface area contributed by atoms with Gasteiger partial charge in [-0.05, 0) is 74.0 Å². The van der Waals surface area contributed by atoms with Gasteiger partial charge in [-0.1, -0.05) is 12.1 Å². The Kier molecular flexibility index (Phi) is 5.93. The maximum atomic E-state index is 11.4. The fourth-order valence-corrected chi connectivity index (χ4v) is 7.21. The number of morpholine rings is 1. The molecule has 5 aliphatic carbocycles. The number of benzene rings is 1. The van der Waals surface area contributed by atoms with Crippen molar-refractivity contribution in [2.75, 3.05) is 39.5 Å². The zero-order valence-corrected chi connectivity index (χ0v) is 19.0. The highest BCUT2D eigenvalue weighted by Crippen LogP contribution is 2.58. The highest BCUT2D eigenvalue weighted by Gasteiger charge is 2.58. The van der Waals surface area contributed by atoms with Gasteiger partial charge in [0.15, 0.2) is 0 Å². The van der Waals surface area contributed by atoms with Gasteiger partial charge in [-0.15, -0.1) is 0 Å². The van der Waals surface area contributed by atoms with Crippen molar-refractivity contribution >= 4 is 0 Å². The van der Waals surface area contributed by atoms with Crippen LogP contribution in [0, 0.1) is 23.7 Å². The molecule has 6 aliphatic rings. The molecule has 0 amide bonds. The molecule has 1 saturated heterocycles. The predicted octanol–water partition coefficient (Wildman–Crippen LogP) is 3.35. The monoisotopic (exact) mass is 443 g/mol. The quantitative estimate of drug-likeness (QED) is 0.396. The van der Waals surface area contributed by atoms with Crippen molar-refractivity contribution in [1.29, 1.82) is 0 Å². The minimum atomic E-state index is -1.07. The molecule has 1 heterocycles. The molecule has 1 aliphatic heterocycles. The van der Waals surface area contributed by atoms with E-state index in [1.54, 1.807) is 0 Å². The van der Waals surface area contributed by atoms with Crippen LogP contribution in [0.4, 0.5) is 0 Å². The zero-order chi connectivity index (χ0) is 21.5. The van der Waals surface area contributed by atoms with Crippen molar-refractivity contribution in [3.8, 4) is 5.75 Å². The Morgan fingerprint density at radius 2 is 1.78 bits per heavy atom. The lowest BCUT2D eigenvalue weighted by Gasteiger charge is -2.57. The fourth-order valence-electron chi connectivity index (χ4n) is 7.21. The van der Waals surface area contributed by atoms with E-state index >= 15 is 0 Å². The first-order valence-corrected chi connectivity index (χ1v) is 12.8. The van der Waals surface area contributed by atoms with Gasteiger partial charge < -0.3 is 14.6 Å². The van der Waals surface area contributed by atoms with Crippen molar-refractivity contribution in [3.63, 3.8) is 0 Å². The van der Waals surface area contributed by atoms with Gasteiger partial charge in [-0.3, -0.25) is 4.90 Å². The van der Waals surface area contributed by atoms with Gasteiger partial charge in [0, 0.05) is 37.9 Å². The van der Waals surface area contributed by atoms with Gasteiger partial charge in [0.25, 0.3) is 0 Å². The summed E-state index contributed by atoms with van der Waals surface area (Å²) in [6.45, 7) is 5.27. The van der Waals surface area contributed by atoms with Crippen LogP contribution < -0.4 is 4.74 Å². The number of aliphatic hydroxyl groups is 1. The van der Waals surface area contributed by atoms with E-state index in [2.05, 4.69) is 23.1 Å². The SMILES string of the molecule is OC1(OO[C@H]2CCc3c(cccc3OCCN3CCOCC3)C2)C2CC3CC(C2)CC1C3. The maximum Gasteiger partial charge on any atom is 0.204 e. The van der Waals surface area contributed by atoms with Gasteiger partial charge in [0.2, 0.25) is 5.79 Å². The van der Waals surface area contributed by atoms with Crippen molar-refractivity contribution in [3.05, 3.63) is 29.3 Å². The molecule has 6 heteroatoms. The minimum absolute atomic E-state index is 0.00712. The summed E-state index contributed by atoms with van der Waals surface area (Å²) in [6, 6.07) is 6.35. The lowest BCUT2D eigenvalue weighted by molar-refractivity contribution is -0.480. The first-order chi connectivity index (χ1) is 15.7. The standard InChI is InChI=1S/C26H37NO5/c28-26(21-13-18-12-19(15-21)16-22(26)14-18)32-31-23-4-5-24-20(17-23)2-1-3-25(24)30-11-8-27-6-9-29-10-7-27/h1-3,18-19,21-23,28H,4-17H2/t18?,19?,21?,22?,23-,26?/m0/s1. The summed E-state index contributed by atoms with van der Waals surface area (Å²) in [5, 5.41) is 11.4. The number of nitrogens with zero attached hydrogens (tertiary/aromatic N) is 1. The summed E-state index contributed by atoms with van der Waals surface area (Å²) in [5.74, 6) is 2.03. The summed E-state index contributed by atoms with van der Waals surface area (Å²) in [6.07, 6.45) is 8.40. The lowest BCUT2D eigenvalue weighted by atomic mass is 9.53. The van der Waals surface area contributed by atoms with Gasteiger partial charge >= 0.3 is 0 Å². The second-order valence-electron chi connectivity index (χ2n) is 10.8. The van der Waals surface area contributed by atoms with Crippen LogP contribution in [0.5, 0.6) is 5.75 Å². The third-order valence-corrected chi connectivity index (χ3v) is 8.79. The average molecular weight is 444 g/mol. The van der Waals surface area contributed by atoms with E-state index in [-0.39, 0.29) is 17.9 Å². The Bertz CT molecular complexity index is 779. The first-order valence-electron chi connectivity index (χ1n) is 12.8. The molecule has 32 heavy (non-hydrogen) atoms. The Labute approximate surface area is 191 Å². The third kappa shape index (κ3) is 4.09. The largest absolute Gasteiger partial charge is 0.492 e. The van der Waals surface area contributed by atoms with Gasteiger partial charge in [-0.2, -0.15) is 0 Å². The summed E-state index contributed by atoms with van der Waals surface area (Å²) < 4.78 is 11.6. The Balaban J connectivity index is 1.04.